The van der Waals surface area contributed by atoms with Crippen molar-refractivity contribution in [1.29, 1.82) is 0 Å². The second kappa shape index (κ2) is 5.02. The molecule has 0 aliphatic carbocycles. The summed E-state index contributed by atoms with van der Waals surface area (Å²) in [5.74, 6) is -0.389. The van der Waals surface area contributed by atoms with Crippen molar-refractivity contribution in [1.82, 2.24) is 0 Å². The fraction of sp³-hybridized carbons (Fsp3) is 0.700. The lowest BCUT2D eigenvalue weighted by Gasteiger charge is -2.26. The van der Waals surface area contributed by atoms with Gasteiger partial charge in [-0.05, 0) is 20.8 Å². The van der Waals surface area contributed by atoms with Gasteiger partial charge in [0.25, 0.3) is 0 Å². The summed E-state index contributed by atoms with van der Waals surface area (Å²) < 4.78 is 10.2. The molecular weight excluding hydrogens is 168 g/mol. The van der Waals surface area contributed by atoms with Crippen molar-refractivity contribution >= 4 is 5.97 Å². The molecule has 3 nitrogen and oxygen atoms in total. The average Bonchev–Trinajstić information content (AvgIpc) is 2.03. The molecule has 0 fully saturated rings. The van der Waals surface area contributed by atoms with Crippen molar-refractivity contribution in [2.75, 3.05) is 7.11 Å². The standard InChI is InChI=1S/C10H18O3/c1-6-9(11)13-8(2)7-10(3,4)12-5/h6,8H,1,7H2,2-5H3. The van der Waals surface area contributed by atoms with Crippen molar-refractivity contribution in [3.63, 3.8) is 0 Å². The smallest absolute Gasteiger partial charge is 0.330 e. The van der Waals surface area contributed by atoms with E-state index in [1.807, 2.05) is 20.8 Å². The lowest BCUT2D eigenvalue weighted by molar-refractivity contribution is -0.144. The molecule has 0 rings (SSSR count). The first-order valence-electron chi connectivity index (χ1n) is 4.29. The monoisotopic (exact) mass is 186 g/mol. The molecule has 0 aliphatic heterocycles. The van der Waals surface area contributed by atoms with Crippen molar-refractivity contribution in [3.05, 3.63) is 12.7 Å². The molecule has 1 atom stereocenters. The Bertz CT molecular complexity index is 185. The molecule has 0 amide bonds. The van der Waals surface area contributed by atoms with E-state index in [2.05, 4.69) is 6.58 Å². The second-order valence-corrected chi connectivity index (χ2v) is 3.62. The Morgan fingerprint density at radius 2 is 2.15 bits per heavy atom. The van der Waals surface area contributed by atoms with Gasteiger partial charge in [0.2, 0.25) is 0 Å². The Hall–Kier alpha value is -0.830. The minimum absolute atomic E-state index is 0.152. The highest BCUT2D eigenvalue weighted by atomic mass is 16.5. The Labute approximate surface area is 79.7 Å². The third-order valence-electron chi connectivity index (χ3n) is 1.82. The van der Waals surface area contributed by atoms with Gasteiger partial charge in [-0.3, -0.25) is 0 Å². The van der Waals surface area contributed by atoms with E-state index in [1.165, 1.54) is 0 Å². The molecule has 1 unspecified atom stereocenters. The maximum atomic E-state index is 10.8. The third-order valence-corrected chi connectivity index (χ3v) is 1.82. The fourth-order valence-corrected chi connectivity index (χ4v) is 1.06. The summed E-state index contributed by atoms with van der Waals surface area (Å²) in [5, 5.41) is 0. The topological polar surface area (TPSA) is 35.5 Å². The summed E-state index contributed by atoms with van der Waals surface area (Å²) in [5.41, 5.74) is -0.263. The van der Waals surface area contributed by atoms with Crippen LogP contribution in [0.4, 0.5) is 0 Å². The van der Waals surface area contributed by atoms with Gasteiger partial charge in [0, 0.05) is 19.6 Å². The van der Waals surface area contributed by atoms with Gasteiger partial charge in [0.15, 0.2) is 0 Å². The van der Waals surface area contributed by atoms with Gasteiger partial charge < -0.3 is 9.47 Å². The van der Waals surface area contributed by atoms with Gasteiger partial charge >= 0.3 is 5.97 Å². The van der Waals surface area contributed by atoms with E-state index >= 15 is 0 Å². The molecule has 0 saturated heterocycles. The fourth-order valence-electron chi connectivity index (χ4n) is 1.06. The number of carbonyl (C=O) groups excluding carboxylic acids is 1. The molecule has 0 heterocycles. The molecule has 0 aromatic heterocycles. The third kappa shape index (κ3) is 5.42. The first-order chi connectivity index (χ1) is 5.91. The minimum Gasteiger partial charge on any atom is -0.459 e. The number of carbonyl (C=O) groups is 1. The van der Waals surface area contributed by atoms with Crippen molar-refractivity contribution < 1.29 is 14.3 Å². The average molecular weight is 186 g/mol. The van der Waals surface area contributed by atoms with Crippen LogP contribution in [-0.4, -0.2) is 24.8 Å². The van der Waals surface area contributed by atoms with Gasteiger partial charge in [0.1, 0.15) is 6.10 Å². The summed E-state index contributed by atoms with van der Waals surface area (Å²) in [4.78, 5) is 10.8. The Morgan fingerprint density at radius 3 is 2.54 bits per heavy atom. The Balaban J connectivity index is 3.93. The van der Waals surface area contributed by atoms with Gasteiger partial charge in [-0.2, -0.15) is 0 Å². The van der Waals surface area contributed by atoms with Crippen LogP contribution >= 0.6 is 0 Å². The summed E-state index contributed by atoms with van der Waals surface area (Å²) >= 11 is 0. The van der Waals surface area contributed by atoms with Crippen LogP contribution in [0.15, 0.2) is 12.7 Å². The Kier molecular flexibility index (Phi) is 4.70. The molecule has 0 aromatic rings. The predicted molar refractivity (Wildman–Crippen MR) is 51.5 cm³/mol. The first-order valence-corrected chi connectivity index (χ1v) is 4.29. The Morgan fingerprint density at radius 1 is 1.62 bits per heavy atom. The van der Waals surface area contributed by atoms with E-state index in [4.69, 9.17) is 9.47 Å². The molecular formula is C10H18O3. The van der Waals surface area contributed by atoms with Gasteiger partial charge in [-0.25, -0.2) is 4.79 Å². The zero-order valence-corrected chi connectivity index (χ0v) is 8.79. The van der Waals surface area contributed by atoms with E-state index < -0.39 is 0 Å². The highest BCUT2D eigenvalue weighted by Gasteiger charge is 2.21. The SMILES string of the molecule is C=CC(=O)OC(C)CC(C)(C)OC. The van der Waals surface area contributed by atoms with Crippen molar-refractivity contribution in [3.8, 4) is 0 Å². The molecule has 0 radical (unpaired) electrons. The molecule has 13 heavy (non-hydrogen) atoms. The van der Waals surface area contributed by atoms with E-state index in [0.29, 0.717) is 6.42 Å². The lowest BCUT2D eigenvalue weighted by atomic mass is 10.0. The number of hydrogen-bond donors (Lipinski definition) is 0. The molecule has 3 heteroatoms. The van der Waals surface area contributed by atoms with Crippen LogP contribution in [0.1, 0.15) is 27.2 Å². The van der Waals surface area contributed by atoms with Crippen molar-refractivity contribution in [2.45, 2.75) is 38.9 Å². The maximum absolute atomic E-state index is 10.8. The molecule has 0 spiro atoms. The quantitative estimate of drug-likeness (QED) is 0.486. The van der Waals surface area contributed by atoms with E-state index in [1.54, 1.807) is 7.11 Å². The summed E-state index contributed by atoms with van der Waals surface area (Å²) in [6.07, 6.45) is 1.68. The number of hydrogen-bond acceptors (Lipinski definition) is 3. The first kappa shape index (κ1) is 12.2. The molecule has 0 bridgehead atoms. The molecule has 0 aromatic carbocycles. The molecule has 76 valence electrons. The van der Waals surface area contributed by atoms with Gasteiger partial charge in [-0.15, -0.1) is 0 Å². The van der Waals surface area contributed by atoms with Crippen molar-refractivity contribution in [2.24, 2.45) is 0 Å². The molecule has 0 N–H and O–H groups in total. The zero-order chi connectivity index (χ0) is 10.5. The normalized spacial score (nSPS) is 13.5. The van der Waals surface area contributed by atoms with Crippen LogP contribution in [0, 0.1) is 0 Å². The van der Waals surface area contributed by atoms with Crippen LogP contribution in [0.25, 0.3) is 0 Å². The van der Waals surface area contributed by atoms with E-state index in [-0.39, 0.29) is 17.7 Å². The number of methoxy groups -OCH3 is 1. The number of ether oxygens (including phenoxy) is 2. The van der Waals surface area contributed by atoms with Crippen LogP contribution in [0.5, 0.6) is 0 Å². The van der Waals surface area contributed by atoms with Crippen LogP contribution in [0.3, 0.4) is 0 Å². The van der Waals surface area contributed by atoms with Gasteiger partial charge in [-0.1, -0.05) is 6.58 Å². The molecule has 0 saturated carbocycles. The van der Waals surface area contributed by atoms with Gasteiger partial charge in [0.05, 0.1) is 5.60 Å². The lowest BCUT2D eigenvalue weighted by Crippen LogP contribution is -2.29. The van der Waals surface area contributed by atoms with Crippen LogP contribution < -0.4 is 0 Å². The van der Waals surface area contributed by atoms with E-state index in [9.17, 15) is 4.79 Å². The predicted octanol–water partition coefficient (Wildman–Crippen LogP) is 1.92. The van der Waals surface area contributed by atoms with Crippen LogP contribution in [0.2, 0.25) is 0 Å². The number of rotatable bonds is 5. The molecule has 0 aliphatic rings. The maximum Gasteiger partial charge on any atom is 0.330 e. The second-order valence-electron chi connectivity index (χ2n) is 3.62. The summed E-state index contributed by atoms with van der Waals surface area (Å²) in [6, 6.07) is 0. The highest BCUT2D eigenvalue weighted by Crippen LogP contribution is 2.17. The minimum atomic E-state index is -0.389. The summed E-state index contributed by atoms with van der Waals surface area (Å²) in [7, 11) is 1.64. The highest BCUT2D eigenvalue weighted by molar-refractivity contribution is 5.81. The largest absolute Gasteiger partial charge is 0.459 e. The zero-order valence-electron chi connectivity index (χ0n) is 8.79. The number of esters is 1. The van der Waals surface area contributed by atoms with E-state index in [0.717, 1.165) is 6.08 Å². The summed E-state index contributed by atoms with van der Waals surface area (Å²) in [6.45, 7) is 9.06. The van der Waals surface area contributed by atoms with Crippen LogP contribution in [-0.2, 0) is 14.3 Å².